The Morgan fingerprint density at radius 3 is 2.63 bits per heavy atom. The Morgan fingerprint density at radius 1 is 1.37 bits per heavy atom. The van der Waals surface area contributed by atoms with E-state index in [1.54, 1.807) is 37.6 Å². The maximum absolute atomic E-state index is 12.3. The molecule has 0 amide bonds. The molecule has 0 aliphatic carbocycles. The second-order valence-electron chi connectivity index (χ2n) is 4.11. The monoisotopic (exact) mass is 299 g/mol. The van der Waals surface area contributed by atoms with Crippen LogP contribution in [0.5, 0.6) is 0 Å². The van der Waals surface area contributed by atoms with Crippen LogP contribution in [0.1, 0.15) is 11.3 Å². The van der Waals surface area contributed by atoms with Gasteiger partial charge in [-0.3, -0.25) is 4.98 Å². The lowest BCUT2D eigenvalue weighted by molar-refractivity contribution is 0.466. The van der Waals surface area contributed by atoms with Crippen molar-refractivity contribution in [2.75, 3.05) is 7.05 Å². The number of H-pyrrole nitrogens is 1. The van der Waals surface area contributed by atoms with E-state index < -0.39 is 10.0 Å². The zero-order valence-corrected chi connectivity index (χ0v) is 11.9. The molecule has 102 valence electrons. The average Bonchev–Trinajstić information content (AvgIpc) is 2.89. The van der Waals surface area contributed by atoms with E-state index in [0.29, 0.717) is 12.2 Å². The number of nitrogens with zero attached hydrogens (tertiary/aromatic N) is 2. The molecule has 19 heavy (non-hydrogen) atoms. The number of alkyl halides is 1. The quantitative estimate of drug-likeness (QED) is 0.858. The molecule has 0 spiro atoms. The molecule has 0 fully saturated rings. The molecule has 2 heterocycles. The van der Waals surface area contributed by atoms with Crippen molar-refractivity contribution in [2.24, 2.45) is 0 Å². The van der Waals surface area contributed by atoms with Gasteiger partial charge < -0.3 is 4.98 Å². The van der Waals surface area contributed by atoms with Crippen LogP contribution in [0.3, 0.4) is 0 Å². The molecule has 0 unspecified atom stereocenters. The largest absolute Gasteiger partial charge is 0.363 e. The van der Waals surface area contributed by atoms with Gasteiger partial charge >= 0.3 is 0 Å². The smallest absolute Gasteiger partial charge is 0.244 e. The Labute approximate surface area is 117 Å². The molecule has 7 heteroatoms. The summed E-state index contributed by atoms with van der Waals surface area (Å²) >= 11 is 5.65. The highest BCUT2D eigenvalue weighted by molar-refractivity contribution is 7.89. The van der Waals surface area contributed by atoms with Crippen LogP contribution in [0, 0.1) is 0 Å². The van der Waals surface area contributed by atoms with Crippen LogP contribution in [0.2, 0.25) is 0 Å². The van der Waals surface area contributed by atoms with Gasteiger partial charge in [-0.2, -0.15) is 4.31 Å². The van der Waals surface area contributed by atoms with Crippen molar-refractivity contribution in [3.8, 4) is 0 Å². The van der Waals surface area contributed by atoms with Crippen molar-refractivity contribution >= 4 is 21.6 Å². The van der Waals surface area contributed by atoms with E-state index in [9.17, 15) is 8.42 Å². The lowest BCUT2D eigenvalue weighted by Gasteiger charge is -2.16. The van der Waals surface area contributed by atoms with E-state index in [1.807, 2.05) is 0 Å². The highest BCUT2D eigenvalue weighted by atomic mass is 35.5. The Kier molecular flexibility index (Phi) is 4.24. The Bertz CT molecular complexity index is 640. The third-order valence-corrected chi connectivity index (χ3v) is 4.79. The van der Waals surface area contributed by atoms with Gasteiger partial charge in [-0.05, 0) is 23.8 Å². The van der Waals surface area contributed by atoms with E-state index in [1.165, 1.54) is 10.5 Å². The summed E-state index contributed by atoms with van der Waals surface area (Å²) in [6.07, 6.45) is 4.73. The predicted octanol–water partition coefficient (Wildman–Crippen LogP) is 1.97. The maximum Gasteiger partial charge on any atom is 0.244 e. The first kappa shape index (κ1) is 14.0. The number of hydrogen-bond acceptors (Lipinski definition) is 3. The second-order valence-corrected chi connectivity index (χ2v) is 6.42. The number of pyridine rings is 1. The molecular weight excluding hydrogens is 286 g/mol. The van der Waals surface area contributed by atoms with Gasteiger partial charge in [0.15, 0.2) is 0 Å². The molecule has 2 rings (SSSR count). The fraction of sp³-hybridized carbons (Fsp3) is 0.250. The molecule has 2 aromatic rings. The van der Waals surface area contributed by atoms with Crippen LogP contribution in [0.4, 0.5) is 0 Å². The fourth-order valence-corrected chi connectivity index (χ4v) is 2.99. The number of nitrogens with one attached hydrogen (secondary N) is 1. The van der Waals surface area contributed by atoms with Crippen LogP contribution < -0.4 is 0 Å². The number of sulfonamides is 1. The van der Waals surface area contributed by atoms with Gasteiger partial charge in [0, 0.05) is 37.9 Å². The lowest BCUT2D eigenvalue weighted by atomic mass is 10.3. The van der Waals surface area contributed by atoms with Gasteiger partial charge in [0.1, 0.15) is 0 Å². The second kappa shape index (κ2) is 5.73. The molecule has 0 radical (unpaired) electrons. The van der Waals surface area contributed by atoms with Gasteiger partial charge in [-0.25, -0.2) is 8.42 Å². The molecule has 2 aromatic heterocycles. The van der Waals surface area contributed by atoms with Crippen molar-refractivity contribution in [2.45, 2.75) is 17.3 Å². The Morgan fingerprint density at radius 2 is 2.05 bits per heavy atom. The van der Waals surface area contributed by atoms with E-state index in [0.717, 1.165) is 5.56 Å². The first-order chi connectivity index (χ1) is 9.04. The third kappa shape index (κ3) is 3.15. The van der Waals surface area contributed by atoms with E-state index in [-0.39, 0.29) is 10.8 Å². The molecular formula is C12H14ClN3O2S. The summed E-state index contributed by atoms with van der Waals surface area (Å²) in [6, 6.07) is 5.12. The topological polar surface area (TPSA) is 66.1 Å². The summed E-state index contributed by atoms with van der Waals surface area (Å²) < 4.78 is 25.9. The third-order valence-electron chi connectivity index (χ3n) is 2.72. The Balaban J connectivity index is 2.19. The van der Waals surface area contributed by atoms with E-state index in [2.05, 4.69) is 9.97 Å². The van der Waals surface area contributed by atoms with Crippen LogP contribution in [0.15, 0.2) is 41.7 Å². The normalized spacial score (nSPS) is 11.9. The minimum Gasteiger partial charge on any atom is -0.363 e. The van der Waals surface area contributed by atoms with Crippen molar-refractivity contribution in [1.29, 1.82) is 0 Å². The van der Waals surface area contributed by atoms with Crippen molar-refractivity contribution < 1.29 is 8.42 Å². The first-order valence-electron chi connectivity index (χ1n) is 5.62. The van der Waals surface area contributed by atoms with Gasteiger partial charge in [0.25, 0.3) is 0 Å². The first-order valence-corrected chi connectivity index (χ1v) is 7.60. The van der Waals surface area contributed by atoms with Crippen molar-refractivity contribution in [3.63, 3.8) is 0 Å². The van der Waals surface area contributed by atoms with Gasteiger partial charge in [0.05, 0.1) is 10.8 Å². The number of aromatic nitrogens is 2. The lowest BCUT2D eigenvalue weighted by Crippen LogP contribution is -2.26. The summed E-state index contributed by atoms with van der Waals surface area (Å²) in [5, 5.41) is 0. The summed E-state index contributed by atoms with van der Waals surface area (Å²) in [4.78, 5) is 6.95. The molecule has 5 nitrogen and oxygen atoms in total. The highest BCUT2D eigenvalue weighted by Gasteiger charge is 2.22. The minimum absolute atomic E-state index is 0.222. The van der Waals surface area contributed by atoms with Crippen LogP contribution in [-0.2, 0) is 22.4 Å². The number of halogens is 1. The fourth-order valence-electron chi connectivity index (χ4n) is 1.66. The van der Waals surface area contributed by atoms with Gasteiger partial charge in [-0.1, -0.05) is 0 Å². The molecule has 0 saturated carbocycles. The van der Waals surface area contributed by atoms with E-state index >= 15 is 0 Å². The zero-order chi connectivity index (χ0) is 13.9. The van der Waals surface area contributed by atoms with Crippen molar-refractivity contribution in [1.82, 2.24) is 14.3 Å². The Hall–Kier alpha value is -1.37. The van der Waals surface area contributed by atoms with Crippen LogP contribution in [-0.4, -0.2) is 29.7 Å². The number of hydrogen-bond donors (Lipinski definition) is 1. The molecule has 0 aromatic carbocycles. The van der Waals surface area contributed by atoms with Gasteiger partial charge in [0.2, 0.25) is 10.0 Å². The van der Waals surface area contributed by atoms with Gasteiger partial charge in [-0.15, -0.1) is 11.6 Å². The molecule has 0 saturated heterocycles. The predicted molar refractivity (Wildman–Crippen MR) is 73.2 cm³/mol. The average molecular weight is 300 g/mol. The molecule has 1 N–H and O–H groups in total. The van der Waals surface area contributed by atoms with Crippen molar-refractivity contribution in [3.05, 3.63) is 48.0 Å². The summed E-state index contributed by atoms with van der Waals surface area (Å²) in [7, 11) is -1.96. The highest BCUT2D eigenvalue weighted by Crippen LogP contribution is 2.18. The number of aromatic amines is 1. The summed E-state index contributed by atoms with van der Waals surface area (Å²) in [5.74, 6) is 0.254. The molecule has 0 atom stereocenters. The minimum atomic E-state index is -3.50. The molecule has 0 bridgehead atoms. The summed E-state index contributed by atoms with van der Waals surface area (Å²) in [6.45, 7) is 0.298. The number of rotatable bonds is 5. The van der Waals surface area contributed by atoms with Crippen LogP contribution in [0.25, 0.3) is 0 Å². The standard InChI is InChI=1S/C12H14ClN3O2S/c1-16(9-10-2-4-14-5-3-10)19(17,18)12-6-11(7-13)15-8-12/h2-6,8,15H,7,9H2,1H3. The van der Waals surface area contributed by atoms with E-state index in [4.69, 9.17) is 11.6 Å². The summed E-state index contributed by atoms with van der Waals surface area (Å²) in [5.41, 5.74) is 1.56. The zero-order valence-electron chi connectivity index (χ0n) is 10.4. The molecule has 0 aliphatic rings. The maximum atomic E-state index is 12.3. The SMILES string of the molecule is CN(Cc1ccncc1)S(=O)(=O)c1c[nH]c(CCl)c1. The van der Waals surface area contributed by atoms with Crippen LogP contribution >= 0.6 is 11.6 Å². The molecule has 0 aliphatic heterocycles.